The first kappa shape index (κ1) is 8.96. The molecule has 0 bridgehead atoms. The average Bonchev–Trinajstić information content (AvgIpc) is 2.72. The van der Waals surface area contributed by atoms with Gasteiger partial charge in [-0.25, -0.2) is 0 Å². The van der Waals surface area contributed by atoms with Crippen molar-refractivity contribution < 1.29 is 4.79 Å². The number of hydrogen-bond acceptors (Lipinski definition) is 1. The third-order valence-corrected chi connectivity index (χ3v) is 3.57. The van der Waals surface area contributed by atoms with Gasteiger partial charge in [0.05, 0.1) is 5.92 Å². The highest BCUT2D eigenvalue weighted by molar-refractivity contribution is 5.87. The van der Waals surface area contributed by atoms with Gasteiger partial charge in [0.1, 0.15) is 0 Å². The highest BCUT2D eigenvalue weighted by Crippen LogP contribution is 2.36. The molecule has 2 nitrogen and oxygen atoms in total. The second-order valence-corrected chi connectivity index (χ2v) is 4.49. The Labute approximate surface area is 89.9 Å². The van der Waals surface area contributed by atoms with Crippen LogP contribution in [0.15, 0.2) is 24.3 Å². The van der Waals surface area contributed by atoms with Gasteiger partial charge in [-0.2, -0.15) is 0 Å². The van der Waals surface area contributed by atoms with Crippen molar-refractivity contribution in [2.24, 2.45) is 0 Å². The van der Waals surface area contributed by atoms with E-state index in [9.17, 15) is 4.79 Å². The van der Waals surface area contributed by atoms with Crippen LogP contribution in [0.3, 0.4) is 0 Å². The van der Waals surface area contributed by atoms with Gasteiger partial charge in [0.2, 0.25) is 5.91 Å². The van der Waals surface area contributed by atoms with Crippen LogP contribution in [0.5, 0.6) is 0 Å². The summed E-state index contributed by atoms with van der Waals surface area (Å²) in [6, 6.07) is 8.30. The van der Waals surface area contributed by atoms with Crippen LogP contribution in [0.25, 0.3) is 0 Å². The summed E-state index contributed by atoms with van der Waals surface area (Å²) in [4.78, 5) is 14.1. The maximum Gasteiger partial charge on any atom is 0.230 e. The molecule has 1 fully saturated rings. The Bertz CT molecular complexity index is 393. The van der Waals surface area contributed by atoms with E-state index in [-0.39, 0.29) is 5.92 Å². The standard InChI is InChI=1S/C13H15NO/c15-13(14-7-3-4-8-14)12-9-10-5-1-2-6-11(10)12/h1-2,5-6,12H,3-4,7-9H2. The van der Waals surface area contributed by atoms with Crippen LogP contribution in [-0.2, 0) is 11.2 Å². The quantitative estimate of drug-likeness (QED) is 0.680. The van der Waals surface area contributed by atoms with E-state index in [0.29, 0.717) is 5.91 Å². The SMILES string of the molecule is O=C(C1Cc2ccccc21)N1CCCC1. The van der Waals surface area contributed by atoms with Gasteiger partial charge >= 0.3 is 0 Å². The second kappa shape index (κ2) is 3.37. The number of fused-ring (bicyclic) bond motifs is 1. The lowest BCUT2D eigenvalue weighted by atomic mass is 9.77. The summed E-state index contributed by atoms with van der Waals surface area (Å²) >= 11 is 0. The van der Waals surface area contributed by atoms with E-state index in [1.807, 2.05) is 11.0 Å². The molecule has 1 aliphatic heterocycles. The molecular weight excluding hydrogens is 186 g/mol. The van der Waals surface area contributed by atoms with Crippen molar-refractivity contribution in [1.29, 1.82) is 0 Å². The largest absolute Gasteiger partial charge is 0.342 e. The Morgan fingerprint density at radius 1 is 1.20 bits per heavy atom. The van der Waals surface area contributed by atoms with Gasteiger partial charge in [-0.05, 0) is 30.4 Å². The summed E-state index contributed by atoms with van der Waals surface area (Å²) in [6.45, 7) is 1.94. The van der Waals surface area contributed by atoms with Crippen molar-refractivity contribution in [2.45, 2.75) is 25.2 Å². The van der Waals surface area contributed by atoms with Crippen LogP contribution in [0.2, 0.25) is 0 Å². The molecule has 0 N–H and O–H groups in total. The van der Waals surface area contributed by atoms with E-state index in [1.54, 1.807) is 0 Å². The molecule has 0 aromatic heterocycles. The molecule has 1 atom stereocenters. The van der Waals surface area contributed by atoms with Gasteiger partial charge in [-0.3, -0.25) is 4.79 Å². The molecule has 0 spiro atoms. The highest BCUT2D eigenvalue weighted by Gasteiger charge is 2.35. The molecule has 0 saturated carbocycles. The van der Waals surface area contributed by atoms with E-state index < -0.39 is 0 Å². The molecule has 78 valence electrons. The normalized spacial score (nSPS) is 23.5. The Kier molecular flexibility index (Phi) is 2.01. The zero-order chi connectivity index (χ0) is 10.3. The minimum atomic E-state index is 0.166. The number of benzene rings is 1. The summed E-state index contributed by atoms with van der Waals surface area (Å²) in [5.41, 5.74) is 2.62. The second-order valence-electron chi connectivity index (χ2n) is 4.49. The molecule has 3 rings (SSSR count). The Morgan fingerprint density at radius 3 is 2.67 bits per heavy atom. The molecule has 1 saturated heterocycles. The highest BCUT2D eigenvalue weighted by atomic mass is 16.2. The van der Waals surface area contributed by atoms with Gasteiger partial charge in [0, 0.05) is 13.1 Å². The van der Waals surface area contributed by atoms with Crippen LogP contribution in [0, 0.1) is 0 Å². The number of amides is 1. The fraction of sp³-hybridized carbons (Fsp3) is 0.462. The number of nitrogens with zero attached hydrogens (tertiary/aromatic N) is 1. The monoisotopic (exact) mass is 201 g/mol. The van der Waals surface area contributed by atoms with Crippen LogP contribution >= 0.6 is 0 Å². The van der Waals surface area contributed by atoms with Crippen molar-refractivity contribution in [3.63, 3.8) is 0 Å². The van der Waals surface area contributed by atoms with Gasteiger partial charge in [-0.15, -0.1) is 0 Å². The van der Waals surface area contributed by atoms with Gasteiger partial charge in [0.15, 0.2) is 0 Å². The Hall–Kier alpha value is -1.31. The van der Waals surface area contributed by atoms with Crippen molar-refractivity contribution in [2.75, 3.05) is 13.1 Å². The lowest BCUT2D eigenvalue weighted by molar-refractivity contribution is -0.132. The summed E-state index contributed by atoms with van der Waals surface area (Å²) in [7, 11) is 0. The zero-order valence-corrected chi connectivity index (χ0v) is 8.78. The number of hydrogen-bond donors (Lipinski definition) is 0. The van der Waals surface area contributed by atoms with Crippen molar-refractivity contribution >= 4 is 5.91 Å². The molecule has 1 aromatic carbocycles. The van der Waals surface area contributed by atoms with Crippen LogP contribution in [0.4, 0.5) is 0 Å². The van der Waals surface area contributed by atoms with Crippen LogP contribution in [-0.4, -0.2) is 23.9 Å². The summed E-state index contributed by atoms with van der Waals surface area (Å²) < 4.78 is 0. The average molecular weight is 201 g/mol. The zero-order valence-electron chi connectivity index (χ0n) is 8.78. The number of rotatable bonds is 1. The van der Waals surface area contributed by atoms with Crippen molar-refractivity contribution in [3.05, 3.63) is 35.4 Å². The van der Waals surface area contributed by atoms with E-state index in [4.69, 9.17) is 0 Å². The molecule has 1 aliphatic carbocycles. The topological polar surface area (TPSA) is 20.3 Å². The molecule has 0 radical (unpaired) electrons. The lowest BCUT2D eigenvalue weighted by Crippen LogP contribution is -2.37. The van der Waals surface area contributed by atoms with Crippen LogP contribution in [0.1, 0.15) is 29.9 Å². The maximum absolute atomic E-state index is 12.1. The van der Waals surface area contributed by atoms with Crippen LogP contribution < -0.4 is 0 Å². The molecule has 1 unspecified atom stereocenters. The first-order chi connectivity index (χ1) is 7.36. The first-order valence-electron chi connectivity index (χ1n) is 5.73. The van der Waals surface area contributed by atoms with Crippen molar-refractivity contribution in [1.82, 2.24) is 4.90 Å². The number of likely N-dealkylation sites (tertiary alicyclic amines) is 1. The fourth-order valence-electron chi connectivity index (χ4n) is 2.64. The first-order valence-corrected chi connectivity index (χ1v) is 5.73. The molecule has 15 heavy (non-hydrogen) atoms. The predicted molar refractivity (Wildman–Crippen MR) is 58.7 cm³/mol. The summed E-state index contributed by atoms with van der Waals surface area (Å²) in [6.07, 6.45) is 3.31. The minimum absolute atomic E-state index is 0.166. The fourth-order valence-corrected chi connectivity index (χ4v) is 2.64. The number of carbonyl (C=O) groups excluding carboxylic acids is 1. The third kappa shape index (κ3) is 1.36. The van der Waals surface area contributed by atoms with E-state index >= 15 is 0 Å². The Balaban J connectivity index is 1.78. The van der Waals surface area contributed by atoms with Crippen molar-refractivity contribution in [3.8, 4) is 0 Å². The third-order valence-electron chi connectivity index (χ3n) is 3.57. The van der Waals surface area contributed by atoms with Gasteiger partial charge in [-0.1, -0.05) is 24.3 Å². The van der Waals surface area contributed by atoms with E-state index in [1.165, 1.54) is 24.0 Å². The minimum Gasteiger partial charge on any atom is -0.342 e. The Morgan fingerprint density at radius 2 is 1.93 bits per heavy atom. The molecule has 1 amide bonds. The molecule has 2 heteroatoms. The van der Waals surface area contributed by atoms with E-state index in [2.05, 4.69) is 18.2 Å². The summed E-state index contributed by atoms with van der Waals surface area (Å²) in [5, 5.41) is 0. The van der Waals surface area contributed by atoms with Gasteiger partial charge < -0.3 is 4.90 Å². The van der Waals surface area contributed by atoms with Gasteiger partial charge in [0.25, 0.3) is 0 Å². The molecular formula is C13H15NO. The molecule has 1 aromatic rings. The molecule has 1 heterocycles. The smallest absolute Gasteiger partial charge is 0.230 e. The molecule has 2 aliphatic rings. The lowest BCUT2D eigenvalue weighted by Gasteiger charge is -2.32. The number of carbonyl (C=O) groups is 1. The predicted octanol–water partition coefficient (Wildman–Crippen LogP) is 1.95. The maximum atomic E-state index is 12.1. The van der Waals surface area contributed by atoms with E-state index in [0.717, 1.165) is 19.5 Å². The summed E-state index contributed by atoms with van der Waals surface area (Å²) in [5.74, 6) is 0.519.